The van der Waals surface area contributed by atoms with Gasteiger partial charge in [0.25, 0.3) is 0 Å². The van der Waals surface area contributed by atoms with Gasteiger partial charge in [0.05, 0.1) is 11.6 Å². The number of nitriles is 1. The highest BCUT2D eigenvalue weighted by atomic mass is 16.5. The molecule has 0 spiro atoms. The largest absolute Gasteiger partial charge is 0.482 e. The molecular formula is C15H13NO4. The van der Waals surface area contributed by atoms with E-state index in [9.17, 15) is 4.79 Å². The van der Waals surface area contributed by atoms with Crippen molar-refractivity contribution in [2.75, 3.05) is 0 Å². The number of aliphatic hydroxyl groups excluding tert-OH is 1. The first-order chi connectivity index (χ1) is 9.63. The van der Waals surface area contributed by atoms with Crippen molar-refractivity contribution in [2.45, 2.75) is 20.1 Å². The third kappa shape index (κ3) is 3.05. The first-order valence-electron chi connectivity index (χ1n) is 5.99. The summed E-state index contributed by atoms with van der Waals surface area (Å²) in [4.78, 5) is 11.7. The number of aliphatic hydroxyl groups is 1. The summed E-state index contributed by atoms with van der Waals surface area (Å²) < 4.78 is 10.4. The van der Waals surface area contributed by atoms with E-state index in [2.05, 4.69) is 6.07 Å². The summed E-state index contributed by atoms with van der Waals surface area (Å²) in [5.74, 6) is 0.280. The van der Waals surface area contributed by atoms with E-state index in [0.29, 0.717) is 5.56 Å². The van der Waals surface area contributed by atoms with Crippen LogP contribution in [0.3, 0.4) is 0 Å². The zero-order valence-corrected chi connectivity index (χ0v) is 10.9. The van der Waals surface area contributed by atoms with Crippen molar-refractivity contribution in [3.63, 3.8) is 0 Å². The predicted molar refractivity (Wildman–Crippen MR) is 71.1 cm³/mol. The fourth-order valence-electron chi connectivity index (χ4n) is 1.71. The molecule has 0 bridgehead atoms. The van der Waals surface area contributed by atoms with Crippen LogP contribution in [0.25, 0.3) is 0 Å². The Balaban J connectivity index is 2.13. The van der Waals surface area contributed by atoms with Gasteiger partial charge in [-0.1, -0.05) is 6.07 Å². The monoisotopic (exact) mass is 271 g/mol. The Morgan fingerprint density at radius 3 is 2.80 bits per heavy atom. The van der Waals surface area contributed by atoms with Crippen LogP contribution < -0.4 is 10.2 Å². The minimum atomic E-state index is -0.341. The Hall–Kier alpha value is -2.58. The van der Waals surface area contributed by atoms with Crippen molar-refractivity contribution < 1.29 is 14.3 Å². The minimum Gasteiger partial charge on any atom is -0.482 e. The topological polar surface area (TPSA) is 83.5 Å². The Morgan fingerprint density at radius 1 is 1.40 bits per heavy atom. The second kappa shape index (κ2) is 6.04. The van der Waals surface area contributed by atoms with E-state index in [1.807, 2.05) is 6.92 Å². The molecule has 0 radical (unpaired) electrons. The molecule has 0 saturated heterocycles. The van der Waals surface area contributed by atoms with Crippen molar-refractivity contribution in [3.05, 3.63) is 63.2 Å². The van der Waals surface area contributed by atoms with Gasteiger partial charge in [-0.2, -0.15) is 5.26 Å². The van der Waals surface area contributed by atoms with Gasteiger partial charge in [-0.05, 0) is 30.2 Å². The van der Waals surface area contributed by atoms with E-state index in [-0.39, 0.29) is 30.2 Å². The molecule has 20 heavy (non-hydrogen) atoms. The van der Waals surface area contributed by atoms with E-state index in [0.717, 1.165) is 11.1 Å². The number of hydrogen-bond donors (Lipinski definition) is 1. The Kier molecular flexibility index (Phi) is 4.18. The third-order valence-electron chi connectivity index (χ3n) is 2.86. The number of aryl methyl sites for hydroxylation is 1. The second-order valence-electron chi connectivity index (χ2n) is 4.27. The lowest BCUT2D eigenvalue weighted by molar-refractivity contribution is 0.236. The first-order valence-corrected chi connectivity index (χ1v) is 5.99. The molecule has 0 amide bonds. The van der Waals surface area contributed by atoms with Crippen LogP contribution in [0.5, 0.6) is 5.75 Å². The van der Waals surface area contributed by atoms with Crippen molar-refractivity contribution >= 4 is 0 Å². The van der Waals surface area contributed by atoms with E-state index in [1.54, 1.807) is 18.2 Å². The van der Waals surface area contributed by atoms with Crippen LogP contribution in [0.4, 0.5) is 0 Å². The van der Waals surface area contributed by atoms with Crippen LogP contribution in [0, 0.1) is 18.3 Å². The molecule has 0 atom stereocenters. The SMILES string of the molecule is Cc1cc(C#N)ccc1COc1coc(CO)cc1=O. The molecule has 5 nitrogen and oxygen atoms in total. The quantitative estimate of drug-likeness (QED) is 0.918. The van der Waals surface area contributed by atoms with Gasteiger partial charge in [0, 0.05) is 6.07 Å². The fraction of sp³-hybridized carbons (Fsp3) is 0.200. The van der Waals surface area contributed by atoms with E-state index in [1.165, 1.54) is 12.3 Å². The fourth-order valence-corrected chi connectivity index (χ4v) is 1.71. The molecule has 0 fully saturated rings. The summed E-state index contributed by atoms with van der Waals surface area (Å²) >= 11 is 0. The highest BCUT2D eigenvalue weighted by Crippen LogP contribution is 2.14. The average molecular weight is 271 g/mol. The average Bonchev–Trinajstić information content (AvgIpc) is 2.46. The molecule has 1 heterocycles. The van der Waals surface area contributed by atoms with Gasteiger partial charge in [-0.25, -0.2) is 0 Å². The maximum absolute atomic E-state index is 11.7. The Labute approximate surface area is 115 Å². The Morgan fingerprint density at radius 2 is 2.20 bits per heavy atom. The lowest BCUT2D eigenvalue weighted by atomic mass is 10.1. The molecule has 0 aliphatic heterocycles. The molecule has 0 saturated carbocycles. The maximum Gasteiger partial charge on any atom is 0.227 e. The number of nitrogens with zero attached hydrogens (tertiary/aromatic N) is 1. The molecule has 1 N–H and O–H groups in total. The molecular weight excluding hydrogens is 258 g/mol. The van der Waals surface area contributed by atoms with Crippen LogP contribution in [-0.2, 0) is 13.2 Å². The standard InChI is InChI=1S/C15H13NO4/c1-10-4-11(6-16)2-3-12(10)8-20-15-9-19-13(7-17)5-14(15)18/h2-5,9,17H,7-8H2,1H3. The first kappa shape index (κ1) is 13.8. The van der Waals surface area contributed by atoms with E-state index in [4.69, 9.17) is 19.5 Å². The molecule has 2 aromatic rings. The van der Waals surface area contributed by atoms with Gasteiger partial charge < -0.3 is 14.3 Å². The summed E-state index contributed by atoms with van der Waals surface area (Å²) in [7, 11) is 0. The smallest absolute Gasteiger partial charge is 0.227 e. The van der Waals surface area contributed by atoms with Gasteiger partial charge in [-0.15, -0.1) is 0 Å². The van der Waals surface area contributed by atoms with Gasteiger partial charge in [-0.3, -0.25) is 4.79 Å². The van der Waals surface area contributed by atoms with Crippen molar-refractivity contribution in [2.24, 2.45) is 0 Å². The highest BCUT2D eigenvalue weighted by Gasteiger charge is 2.06. The normalized spacial score (nSPS) is 10.1. The van der Waals surface area contributed by atoms with Crippen molar-refractivity contribution in [1.82, 2.24) is 0 Å². The number of rotatable bonds is 4. The third-order valence-corrected chi connectivity index (χ3v) is 2.86. The number of hydrogen-bond acceptors (Lipinski definition) is 5. The lowest BCUT2D eigenvalue weighted by Crippen LogP contribution is -2.08. The highest BCUT2D eigenvalue weighted by molar-refractivity contribution is 5.37. The second-order valence-corrected chi connectivity index (χ2v) is 4.27. The van der Waals surface area contributed by atoms with Gasteiger partial charge in [0.1, 0.15) is 25.2 Å². The molecule has 2 rings (SSSR count). The molecule has 5 heteroatoms. The number of benzene rings is 1. The Bertz CT molecular complexity index is 713. The van der Waals surface area contributed by atoms with Crippen LogP contribution in [0.1, 0.15) is 22.5 Å². The lowest BCUT2D eigenvalue weighted by Gasteiger charge is -2.08. The van der Waals surface area contributed by atoms with E-state index < -0.39 is 0 Å². The van der Waals surface area contributed by atoms with Crippen molar-refractivity contribution in [1.29, 1.82) is 5.26 Å². The van der Waals surface area contributed by atoms with Gasteiger partial charge >= 0.3 is 0 Å². The molecule has 1 aromatic heterocycles. The van der Waals surface area contributed by atoms with Crippen LogP contribution in [0.15, 0.2) is 39.7 Å². The molecule has 0 aliphatic rings. The molecule has 0 unspecified atom stereocenters. The van der Waals surface area contributed by atoms with Crippen LogP contribution in [0.2, 0.25) is 0 Å². The summed E-state index contributed by atoms with van der Waals surface area (Å²) in [6, 6.07) is 8.50. The molecule has 0 aliphatic carbocycles. The zero-order valence-electron chi connectivity index (χ0n) is 10.9. The van der Waals surface area contributed by atoms with Crippen LogP contribution >= 0.6 is 0 Å². The molecule has 102 valence electrons. The number of ether oxygens (including phenoxy) is 1. The summed E-state index contributed by atoms with van der Waals surface area (Å²) in [5, 5.41) is 17.6. The summed E-state index contributed by atoms with van der Waals surface area (Å²) in [6.07, 6.45) is 1.19. The zero-order chi connectivity index (χ0) is 14.5. The van der Waals surface area contributed by atoms with Gasteiger partial charge in [0.2, 0.25) is 11.2 Å². The summed E-state index contributed by atoms with van der Waals surface area (Å²) in [5.41, 5.74) is 2.04. The molecule has 1 aromatic carbocycles. The van der Waals surface area contributed by atoms with Crippen molar-refractivity contribution in [3.8, 4) is 11.8 Å². The maximum atomic E-state index is 11.7. The predicted octanol–water partition coefficient (Wildman–Crippen LogP) is 1.89. The van der Waals surface area contributed by atoms with Crippen LogP contribution in [-0.4, -0.2) is 5.11 Å². The van der Waals surface area contributed by atoms with E-state index >= 15 is 0 Å². The summed E-state index contributed by atoms with van der Waals surface area (Å²) in [6.45, 7) is 1.75. The van der Waals surface area contributed by atoms with Gasteiger partial charge in [0.15, 0.2) is 0 Å². The minimum absolute atomic E-state index is 0.0889.